The Morgan fingerprint density at radius 1 is 1.16 bits per heavy atom. The number of aromatic hydroxyl groups is 1. The molecule has 0 radical (unpaired) electrons. The number of phenolic OH excluding ortho intramolecular Hbond substituents is 1. The summed E-state index contributed by atoms with van der Waals surface area (Å²) < 4.78 is 12.8. The molecular formula is C26H25BrN5O4S+. The third-order valence-electron chi connectivity index (χ3n) is 5.33. The first kappa shape index (κ1) is 26.2. The standard InChI is InChI=1S/C26H24BrN5O4S/c1-16-4-6-18(7-5-16)25-30-31-26(32(25)19-8-10-20(35-2)11-9-19)37-15-23(33)29-28-14-17-12-21(27)24(34)22(13-17)36-3/h4-14H,15H2,1-3H3,(H2,28,29,33,34)/p+1. The van der Waals surface area contributed by atoms with Crippen LogP contribution in [0.5, 0.6) is 17.2 Å². The maximum atomic E-state index is 12.5. The number of thioether (sulfide) groups is 1. The van der Waals surface area contributed by atoms with E-state index in [9.17, 15) is 9.90 Å². The molecule has 0 fully saturated rings. The number of hydrogen-bond donors (Lipinski definition) is 3. The van der Waals surface area contributed by atoms with E-state index in [1.807, 2.05) is 60.0 Å². The highest BCUT2D eigenvalue weighted by Gasteiger charge is 2.24. The first-order chi connectivity index (χ1) is 17.9. The van der Waals surface area contributed by atoms with E-state index in [2.05, 4.69) is 36.7 Å². The quantitative estimate of drug-likeness (QED) is 0.117. The number of amides is 1. The van der Waals surface area contributed by atoms with Crippen LogP contribution in [0.4, 0.5) is 0 Å². The zero-order valence-electron chi connectivity index (χ0n) is 20.4. The summed E-state index contributed by atoms with van der Waals surface area (Å²) in [5.74, 6) is 1.62. The third kappa shape index (κ3) is 6.30. The van der Waals surface area contributed by atoms with Crippen LogP contribution in [0.25, 0.3) is 17.1 Å². The lowest BCUT2D eigenvalue weighted by molar-refractivity contribution is -0.625. The normalized spacial score (nSPS) is 11.0. The predicted octanol–water partition coefficient (Wildman–Crippen LogP) is 4.39. The summed E-state index contributed by atoms with van der Waals surface area (Å²) in [5, 5.41) is 22.1. The number of carbonyl (C=O) groups is 1. The van der Waals surface area contributed by atoms with Crippen LogP contribution < -0.4 is 19.5 Å². The van der Waals surface area contributed by atoms with Crippen molar-refractivity contribution in [3.05, 3.63) is 76.3 Å². The van der Waals surface area contributed by atoms with Crippen LogP contribution in [-0.4, -0.2) is 47.4 Å². The first-order valence-corrected chi connectivity index (χ1v) is 12.9. The number of rotatable bonds is 9. The number of nitrogens with zero attached hydrogens (tertiary/aromatic N) is 3. The number of hydrogen-bond acceptors (Lipinski definition) is 7. The fourth-order valence-electron chi connectivity index (χ4n) is 3.43. The Hall–Kier alpha value is -3.83. The van der Waals surface area contributed by atoms with Gasteiger partial charge >= 0.3 is 5.16 Å². The SMILES string of the molecule is COc1ccc(-[n+]2c(SCC(=O)N/N=C/c3cc(Br)c(O)c(OC)c3)n[nH]c2-c2ccc(C)cc2)cc1. The molecule has 0 aliphatic rings. The third-order valence-corrected chi connectivity index (χ3v) is 6.88. The van der Waals surface area contributed by atoms with Gasteiger partial charge < -0.3 is 14.6 Å². The van der Waals surface area contributed by atoms with Gasteiger partial charge in [0.15, 0.2) is 11.5 Å². The van der Waals surface area contributed by atoms with Crippen molar-refractivity contribution in [2.75, 3.05) is 20.0 Å². The fraction of sp³-hybridized carbons (Fsp3) is 0.154. The van der Waals surface area contributed by atoms with Gasteiger partial charge in [-0.25, -0.2) is 5.43 Å². The maximum absolute atomic E-state index is 12.5. The number of halogens is 1. The summed E-state index contributed by atoms with van der Waals surface area (Å²) in [6.07, 6.45) is 1.47. The zero-order chi connectivity index (χ0) is 26.4. The van der Waals surface area contributed by atoms with Crippen molar-refractivity contribution in [1.29, 1.82) is 0 Å². The molecule has 1 amide bonds. The van der Waals surface area contributed by atoms with Crippen LogP contribution in [0, 0.1) is 6.92 Å². The average molecular weight is 583 g/mol. The van der Waals surface area contributed by atoms with Crippen LogP contribution in [0.3, 0.4) is 0 Å². The van der Waals surface area contributed by atoms with Crippen LogP contribution in [0.1, 0.15) is 11.1 Å². The molecule has 4 aromatic rings. The fourth-order valence-corrected chi connectivity index (χ4v) is 4.65. The number of methoxy groups -OCH3 is 2. The van der Waals surface area contributed by atoms with Crippen molar-refractivity contribution in [2.24, 2.45) is 5.10 Å². The van der Waals surface area contributed by atoms with Crippen molar-refractivity contribution in [1.82, 2.24) is 15.6 Å². The lowest BCUT2D eigenvalue weighted by atomic mass is 10.1. The molecule has 3 aromatic carbocycles. The Balaban J connectivity index is 1.50. The summed E-state index contributed by atoms with van der Waals surface area (Å²) in [4.78, 5) is 12.5. The number of ether oxygens (including phenoxy) is 2. The molecule has 0 unspecified atom stereocenters. The monoisotopic (exact) mass is 582 g/mol. The van der Waals surface area contributed by atoms with E-state index in [1.165, 1.54) is 25.1 Å². The summed E-state index contributed by atoms with van der Waals surface area (Å²) >= 11 is 4.54. The van der Waals surface area contributed by atoms with Gasteiger partial charge in [0.25, 0.3) is 11.7 Å². The van der Waals surface area contributed by atoms with Crippen LogP contribution >= 0.6 is 27.7 Å². The number of H-pyrrole nitrogens is 1. The molecule has 11 heteroatoms. The van der Waals surface area contributed by atoms with Gasteiger partial charge in [-0.1, -0.05) is 17.7 Å². The first-order valence-electron chi connectivity index (χ1n) is 11.1. The second-order valence-corrected chi connectivity index (χ2v) is 9.69. The second kappa shape index (κ2) is 11.9. The molecule has 0 saturated heterocycles. The second-order valence-electron chi connectivity index (χ2n) is 7.89. The minimum absolute atomic E-state index is 0.00532. The van der Waals surface area contributed by atoms with E-state index in [1.54, 1.807) is 19.2 Å². The number of aromatic nitrogens is 3. The van der Waals surface area contributed by atoms with Gasteiger partial charge in [-0.15, -0.1) is 5.10 Å². The molecule has 1 heterocycles. The number of aromatic amines is 1. The van der Waals surface area contributed by atoms with Crippen LogP contribution in [0.2, 0.25) is 0 Å². The minimum Gasteiger partial charge on any atom is -0.503 e. The van der Waals surface area contributed by atoms with Gasteiger partial charge in [0.05, 0.1) is 41.3 Å². The number of nitrogens with one attached hydrogen (secondary N) is 2. The van der Waals surface area contributed by atoms with Crippen molar-refractivity contribution in [3.63, 3.8) is 0 Å². The van der Waals surface area contributed by atoms with Gasteiger partial charge in [-0.2, -0.15) is 9.67 Å². The molecule has 9 nitrogen and oxygen atoms in total. The van der Waals surface area contributed by atoms with E-state index >= 15 is 0 Å². The molecule has 3 N–H and O–H groups in total. The lowest BCUT2D eigenvalue weighted by Crippen LogP contribution is -2.34. The van der Waals surface area contributed by atoms with E-state index in [4.69, 9.17) is 9.47 Å². The molecule has 0 atom stereocenters. The topological polar surface area (TPSA) is 113 Å². The minimum atomic E-state index is -0.299. The highest BCUT2D eigenvalue weighted by atomic mass is 79.9. The van der Waals surface area contributed by atoms with Gasteiger partial charge in [0.1, 0.15) is 11.4 Å². The van der Waals surface area contributed by atoms with Crippen molar-refractivity contribution >= 4 is 39.8 Å². The number of aryl methyl sites for hydroxylation is 1. The molecule has 0 saturated carbocycles. The summed E-state index contributed by atoms with van der Waals surface area (Å²) in [6.45, 7) is 2.04. The number of hydrazone groups is 1. The van der Waals surface area contributed by atoms with Gasteiger partial charge in [0, 0.05) is 0 Å². The zero-order valence-corrected chi connectivity index (χ0v) is 22.8. The van der Waals surface area contributed by atoms with E-state index in [-0.39, 0.29) is 17.4 Å². The van der Waals surface area contributed by atoms with Gasteiger partial charge in [-0.3, -0.25) is 4.79 Å². The van der Waals surface area contributed by atoms with Crippen LogP contribution in [0.15, 0.2) is 75.4 Å². The summed E-state index contributed by atoms with van der Waals surface area (Å²) in [7, 11) is 3.08. The van der Waals surface area contributed by atoms with E-state index in [0.717, 1.165) is 28.4 Å². The summed E-state index contributed by atoms with van der Waals surface area (Å²) in [5.41, 5.74) is 6.15. The van der Waals surface area contributed by atoms with Gasteiger partial charge in [-0.05, 0) is 88.7 Å². The number of carbonyl (C=O) groups excluding carboxylic acids is 1. The van der Waals surface area contributed by atoms with E-state index < -0.39 is 0 Å². The molecule has 1 aromatic heterocycles. The molecule has 37 heavy (non-hydrogen) atoms. The molecule has 4 rings (SSSR count). The van der Waals surface area contributed by atoms with Gasteiger partial charge in [0.2, 0.25) is 0 Å². The number of benzene rings is 3. The smallest absolute Gasteiger partial charge is 0.342 e. The molecule has 0 bridgehead atoms. The maximum Gasteiger partial charge on any atom is 0.342 e. The Morgan fingerprint density at radius 2 is 1.89 bits per heavy atom. The van der Waals surface area contributed by atoms with E-state index in [0.29, 0.717) is 20.9 Å². The van der Waals surface area contributed by atoms with Crippen molar-refractivity contribution < 1.29 is 23.9 Å². The highest BCUT2D eigenvalue weighted by molar-refractivity contribution is 9.10. The van der Waals surface area contributed by atoms with Crippen molar-refractivity contribution in [2.45, 2.75) is 12.1 Å². The van der Waals surface area contributed by atoms with Crippen molar-refractivity contribution in [3.8, 4) is 34.3 Å². The Bertz CT molecular complexity index is 1420. The molecule has 0 aliphatic heterocycles. The highest BCUT2D eigenvalue weighted by Crippen LogP contribution is 2.34. The largest absolute Gasteiger partial charge is 0.503 e. The molecule has 0 aliphatic carbocycles. The molecule has 190 valence electrons. The Morgan fingerprint density at radius 3 is 2.57 bits per heavy atom. The molecular weight excluding hydrogens is 558 g/mol. The molecule has 0 spiro atoms. The lowest BCUT2D eigenvalue weighted by Gasteiger charge is -2.06. The number of phenols is 1. The Kier molecular flexibility index (Phi) is 8.47. The Labute approximate surface area is 226 Å². The van der Waals surface area contributed by atoms with Crippen LogP contribution in [-0.2, 0) is 4.79 Å². The summed E-state index contributed by atoms with van der Waals surface area (Å²) in [6, 6.07) is 19.0. The average Bonchev–Trinajstić information content (AvgIpc) is 3.33. The predicted molar refractivity (Wildman–Crippen MR) is 146 cm³/mol.